The van der Waals surface area contributed by atoms with E-state index < -0.39 is 0 Å². The zero-order valence-corrected chi connectivity index (χ0v) is 14.4. The van der Waals surface area contributed by atoms with Gasteiger partial charge in [-0.25, -0.2) is 0 Å². The largest absolute Gasteiger partial charge is 0.496 e. The van der Waals surface area contributed by atoms with E-state index in [1.807, 2.05) is 31.2 Å². The summed E-state index contributed by atoms with van der Waals surface area (Å²) in [7, 11) is 1.59. The lowest BCUT2D eigenvalue weighted by Gasteiger charge is -2.07. The maximum atomic E-state index is 12.1. The van der Waals surface area contributed by atoms with Gasteiger partial charge in [-0.1, -0.05) is 31.2 Å². The van der Waals surface area contributed by atoms with E-state index in [1.54, 1.807) is 37.5 Å². The molecule has 0 unspecified atom stereocenters. The highest BCUT2D eigenvalue weighted by molar-refractivity contribution is 6.02. The molecule has 2 N–H and O–H groups in total. The van der Waals surface area contributed by atoms with Crippen molar-refractivity contribution in [1.29, 1.82) is 0 Å². The monoisotopic (exact) mass is 338 g/mol. The number of anilines is 2. The minimum atomic E-state index is -0.261. The van der Waals surface area contributed by atoms with Crippen LogP contribution in [0.25, 0.3) is 6.08 Å². The molecule has 2 aromatic rings. The third kappa shape index (κ3) is 5.80. The molecule has 2 amide bonds. The van der Waals surface area contributed by atoms with Crippen LogP contribution >= 0.6 is 0 Å². The number of hydrogen-bond donors (Lipinski definition) is 2. The molecule has 0 saturated carbocycles. The highest BCUT2D eigenvalue weighted by Crippen LogP contribution is 2.19. The highest BCUT2D eigenvalue weighted by Gasteiger charge is 2.04. The quantitative estimate of drug-likeness (QED) is 0.747. The van der Waals surface area contributed by atoms with E-state index in [-0.39, 0.29) is 11.8 Å². The van der Waals surface area contributed by atoms with Crippen LogP contribution in [0.1, 0.15) is 25.3 Å². The Morgan fingerprint density at radius 2 is 1.76 bits per heavy atom. The zero-order valence-electron chi connectivity index (χ0n) is 14.4. The Kier molecular flexibility index (Phi) is 6.77. The first-order chi connectivity index (χ1) is 12.1. The molecule has 5 heteroatoms. The van der Waals surface area contributed by atoms with Crippen molar-refractivity contribution in [2.45, 2.75) is 19.8 Å². The first-order valence-electron chi connectivity index (χ1n) is 8.14. The molecule has 0 atom stereocenters. The number of hydrogen-bond acceptors (Lipinski definition) is 3. The van der Waals surface area contributed by atoms with Crippen molar-refractivity contribution >= 4 is 29.3 Å². The van der Waals surface area contributed by atoms with Crippen LogP contribution < -0.4 is 15.4 Å². The van der Waals surface area contributed by atoms with E-state index in [1.165, 1.54) is 6.08 Å². The van der Waals surface area contributed by atoms with E-state index in [0.29, 0.717) is 23.5 Å². The summed E-state index contributed by atoms with van der Waals surface area (Å²) < 4.78 is 5.25. The van der Waals surface area contributed by atoms with Gasteiger partial charge in [0.25, 0.3) is 0 Å². The Balaban J connectivity index is 2.00. The van der Waals surface area contributed by atoms with Crippen LogP contribution in [0.15, 0.2) is 54.6 Å². The van der Waals surface area contributed by atoms with Gasteiger partial charge in [0.2, 0.25) is 11.8 Å². The number of methoxy groups -OCH3 is 1. The molecule has 130 valence electrons. The summed E-state index contributed by atoms with van der Waals surface area (Å²) in [5.41, 5.74) is 2.09. The second kappa shape index (κ2) is 9.27. The summed E-state index contributed by atoms with van der Waals surface area (Å²) in [6.07, 6.45) is 4.40. The molecule has 2 aromatic carbocycles. The van der Waals surface area contributed by atoms with Crippen molar-refractivity contribution in [3.63, 3.8) is 0 Å². The number of carbonyl (C=O) groups is 2. The molecule has 0 saturated heterocycles. The molecular formula is C20H22N2O3. The minimum absolute atomic E-state index is 0.0398. The van der Waals surface area contributed by atoms with Crippen LogP contribution in [0.5, 0.6) is 5.75 Å². The van der Waals surface area contributed by atoms with Crippen LogP contribution in [-0.4, -0.2) is 18.9 Å². The summed E-state index contributed by atoms with van der Waals surface area (Å²) in [5, 5.41) is 5.58. The van der Waals surface area contributed by atoms with E-state index >= 15 is 0 Å². The second-order valence-corrected chi connectivity index (χ2v) is 5.44. The zero-order chi connectivity index (χ0) is 18.1. The van der Waals surface area contributed by atoms with E-state index in [0.717, 1.165) is 12.0 Å². The number of ether oxygens (including phenoxy) is 1. The van der Waals surface area contributed by atoms with Crippen LogP contribution in [0.3, 0.4) is 0 Å². The predicted molar refractivity (Wildman–Crippen MR) is 101 cm³/mol. The number of para-hydroxylation sites is 1. The van der Waals surface area contributed by atoms with Gasteiger partial charge in [-0.3, -0.25) is 9.59 Å². The fourth-order valence-electron chi connectivity index (χ4n) is 2.28. The van der Waals surface area contributed by atoms with Gasteiger partial charge in [-0.15, -0.1) is 0 Å². The Bertz CT molecular complexity index is 769. The number of nitrogens with one attached hydrogen (secondary N) is 2. The van der Waals surface area contributed by atoms with Crippen molar-refractivity contribution in [1.82, 2.24) is 0 Å². The summed E-state index contributed by atoms with van der Waals surface area (Å²) in [5.74, 6) is 0.400. The lowest BCUT2D eigenvalue weighted by atomic mass is 10.2. The van der Waals surface area contributed by atoms with E-state index in [9.17, 15) is 9.59 Å². The molecule has 0 aliphatic carbocycles. The van der Waals surface area contributed by atoms with Gasteiger partial charge >= 0.3 is 0 Å². The number of benzene rings is 2. The predicted octanol–water partition coefficient (Wildman–Crippen LogP) is 4.09. The van der Waals surface area contributed by atoms with E-state index in [2.05, 4.69) is 10.6 Å². The fraction of sp³-hybridized carbons (Fsp3) is 0.200. The topological polar surface area (TPSA) is 67.4 Å². The van der Waals surface area contributed by atoms with Gasteiger partial charge in [-0.05, 0) is 36.8 Å². The normalized spacial score (nSPS) is 10.5. The molecule has 0 heterocycles. The standard InChI is InChI=1S/C20H22N2O3/c1-3-7-19(23)21-16-9-6-10-17(14-16)22-20(24)13-12-15-8-4-5-11-18(15)25-2/h4-6,8-14H,3,7H2,1-2H3,(H,21,23)(H,22,24)/b13-12+. The summed E-state index contributed by atoms with van der Waals surface area (Å²) in [4.78, 5) is 23.7. The van der Waals surface area contributed by atoms with Crippen LogP contribution in [0.2, 0.25) is 0 Å². The van der Waals surface area contributed by atoms with Crippen molar-refractivity contribution in [3.05, 3.63) is 60.2 Å². The number of amides is 2. The highest BCUT2D eigenvalue weighted by atomic mass is 16.5. The molecule has 0 aromatic heterocycles. The van der Waals surface area contributed by atoms with Crippen LogP contribution in [0.4, 0.5) is 11.4 Å². The molecular weight excluding hydrogens is 316 g/mol. The SMILES string of the molecule is CCCC(=O)Nc1cccc(NC(=O)/C=C/c2ccccc2OC)c1. The summed E-state index contributed by atoms with van der Waals surface area (Å²) in [6.45, 7) is 1.95. The van der Waals surface area contributed by atoms with Gasteiger partial charge in [-0.2, -0.15) is 0 Å². The lowest BCUT2D eigenvalue weighted by molar-refractivity contribution is -0.116. The first kappa shape index (κ1) is 18.3. The molecule has 0 bridgehead atoms. The van der Waals surface area contributed by atoms with Gasteiger partial charge in [0.05, 0.1) is 7.11 Å². The van der Waals surface area contributed by atoms with Crippen molar-refractivity contribution in [3.8, 4) is 5.75 Å². The second-order valence-electron chi connectivity index (χ2n) is 5.44. The van der Waals surface area contributed by atoms with Gasteiger partial charge < -0.3 is 15.4 Å². The Morgan fingerprint density at radius 3 is 2.48 bits per heavy atom. The minimum Gasteiger partial charge on any atom is -0.496 e. The Morgan fingerprint density at radius 1 is 1.04 bits per heavy atom. The Labute approximate surface area is 147 Å². The smallest absolute Gasteiger partial charge is 0.248 e. The first-order valence-corrected chi connectivity index (χ1v) is 8.14. The van der Waals surface area contributed by atoms with Gasteiger partial charge in [0.1, 0.15) is 5.75 Å². The molecule has 0 fully saturated rings. The van der Waals surface area contributed by atoms with Crippen molar-refractivity contribution in [2.75, 3.05) is 17.7 Å². The number of rotatable bonds is 7. The number of carbonyl (C=O) groups excluding carboxylic acids is 2. The maximum Gasteiger partial charge on any atom is 0.248 e. The van der Waals surface area contributed by atoms with E-state index in [4.69, 9.17) is 4.74 Å². The van der Waals surface area contributed by atoms with Gasteiger partial charge in [0.15, 0.2) is 0 Å². The summed E-state index contributed by atoms with van der Waals surface area (Å²) >= 11 is 0. The molecule has 0 aliphatic rings. The maximum absolute atomic E-state index is 12.1. The molecule has 0 spiro atoms. The van der Waals surface area contributed by atoms with Crippen molar-refractivity contribution in [2.24, 2.45) is 0 Å². The molecule has 25 heavy (non-hydrogen) atoms. The fourth-order valence-corrected chi connectivity index (χ4v) is 2.28. The third-order valence-electron chi connectivity index (χ3n) is 3.44. The van der Waals surface area contributed by atoms with Crippen LogP contribution in [0, 0.1) is 0 Å². The van der Waals surface area contributed by atoms with Crippen molar-refractivity contribution < 1.29 is 14.3 Å². The lowest BCUT2D eigenvalue weighted by Crippen LogP contribution is -2.12. The van der Waals surface area contributed by atoms with Gasteiger partial charge in [0, 0.05) is 29.4 Å². The molecule has 0 aliphatic heterocycles. The summed E-state index contributed by atoms with van der Waals surface area (Å²) in [6, 6.07) is 14.5. The average Bonchev–Trinajstić information content (AvgIpc) is 2.60. The third-order valence-corrected chi connectivity index (χ3v) is 3.44. The Hall–Kier alpha value is -3.08. The molecule has 2 rings (SSSR count). The van der Waals surface area contributed by atoms with Crippen LogP contribution in [-0.2, 0) is 9.59 Å². The molecule has 0 radical (unpaired) electrons. The molecule has 5 nitrogen and oxygen atoms in total. The average molecular weight is 338 g/mol.